The van der Waals surface area contributed by atoms with Gasteiger partial charge in [0, 0.05) is 5.92 Å². The molecule has 2 bridgehead atoms. The minimum atomic E-state index is -0.806. The molecule has 1 N–H and O–H groups in total. The Morgan fingerprint density at radius 2 is 2.00 bits per heavy atom. The van der Waals surface area contributed by atoms with Gasteiger partial charge in [-0.1, -0.05) is 30.4 Å². The van der Waals surface area contributed by atoms with Gasteiger partial charge in [0.2, 0.25) is 0 Å². The Bertz CT molecular complexity index is 409. The van der Waals surface area contributed by atoms with Crippen molar-refractivity contribution in [2.45, 2.75) is 44.6 Å². The Kier molecular flexibility index (Phi) is 3.69. The molecular formula is C17H25NO. The summed E-state index contributed by atoms with van der Waals surface area (Å²) in [6, 6.07) is 0. The van der Waals surface area contributed by atoms with E-state index in [1.165, 1.54) is 38.8 Å². The van der Waals surface area contributed by atoms with Crippen LogP contribution >= 0.6 is 0 Å². The SMILES string of the molecule is C[C@@](O)(C#CCN1CCCCC1)[C@H]1C[C@H]2C=C[C@H]1C2. The fourth-order valence-corrected chi connectivity index (χ4v) is 3.97. The maximum atomic E-state index is 10.6. The van der Waals surface area contributed by atoms with Gasteiger partial charge >= 0.3 is 0 Å². The summed E-state index contributed by atoms with van der Waals surface area (Å²) in [7, 11) is 0. The molecule has 3 rings (SSSR count). The van der Waals surface area contributed by atoms with Crippen LogP contribution in [0.3, 0.4) is 0 Å². The van der Waals surface area contributed by atoms with Crippen molar-refractivity contribution in [3.63, 3.8) is 0 Å². The lowest BCUT2D eigenvalue weighted by Crippen LogP contribution is -2.36. The summed E-state index contributed by atoms with van der Waals surface area (Å²) < 4.78 is 0. The number of hydrogen-bond donors (Lipinski definition) is 1. The highest BCUT2D eigenvalue weighted by Gasteiger charge is 2.44. The van der Waals surface area contributed by atoms with Crippen LogP contribution in [0.1, 0.15) is 39.0 Å². The molecule has 4 atom stereocenters. The first-order chi connectivity index (χ1) is 9.15. The summed E-state index contributed by atoms with van der Waals surface area (Å²) in [6.45, 7) is 5.09. The van der Waals surface area contributed by atoms with E-state index < -0.39 is 5.60 Å². The summed E-state index contributed by atoms with van der Waals surface area (Å²) in [5.74, 6) is 8.00. The monoisotopic (exact) mass is 259 g/mol. The lowest BCUT2D eigenvalue weighted by Gasteiger charge is -2.30. The zero-order chi connectivity index (χ0) is 13.3. The third-order valence-electron chi connectivity index (χ3n) is 5.09. The number of likely N-dealkylation sites (tertiary alicyclic amines) is 1. The molecular weight excluding hydrogens is 234 g/mol. The van der Waals surface area contributed by atoms with Crippen molar-refractivity contribution in [1.82, 2.24) is 4.90 Å². The molecule has 2 nitrogen and oxygen atoms in total. The number of rotatable bonds is 2. The standard InChI is InChI=1S/C17H25NO/c1-17(19,16-13-14-6-7-15(16)12-14)8-5-11-18-9-3-2-4-10-18/h6-7,14-16,19H,2-4,9-13H2,1H3/t14-,15-,16-,17+/m0/s1. The summed E-state index contributed by atoms with van der Waals surface area (Å²) in [6.07, 6.45) is 10.9. The highest BCUT2D eigenvalue weighted by Crippen LogP contribution is 2.47. The first kappa shape index (κ1) is 13.2. The molecule has 0 radical (unpaired) electrons. The van der Waals surface area contributed by atoms with Gasteiger partial charge < -0.3 is 5.11 Å². The van der Waals surface area contributed by atoms with Crippen LogP contribution < -0.4 is 0 Å². The maximum Gasteiger partial charge on any atom is 0.126 e. The third kappa shape index (κ3) is 2.88. The highest BCUT2D eigenvalue weighted by atomic mass is 16.3. The molecule has 0 unspecified atom stereocenters. The summed E-state index contributed by atoms with van der Waals surface area (Å²) in [4.78, 5) is 2.41. The van der Waals surface area contributed by atoms with Crippen molar-refractivity contribution in [3.8, 4) is 11.8 Å². The van der Waals surface area contributed by atoms with Gasteiger partial charge in [0.25, 0.3) is 0 Å². The quantitative estimate of drug-likeness (QED) is 0.608. The molecule has 0 amide bonds. The van der Waals surface area contributed by atoms with Crippen LogP contribution in [0.15, 0.2) is 12.2 Å². The van der Waals surface area contributed by atoms with Gasteiger partial charge in [0.05, 0.1) is 6.54 Å². The van der Waals surface area contributed by atoms with Gasteiger partial charge in [-0.15, -0.1) is 0 Å². The third-order valence-corrected chi connectivity index (χ3v) is 5.09. The van der Waals surface area contributed by atoms with E-state index in [2.05, 4.69) is 28.9 Å². The van der Waals surface area contributed by atoms with E-state index in [-0.39, 0.29) is 0 Å². The Labute approximate surface area is 116 Å². The molecule has 104 valence electrons. The molecule has 2 aliphatic carbocycles. The molecule has 0 aromatic carbocycles. The van der Waals surface area contributed by atoms with Crippen molar-refractivity contribution in [2.75, 3.05) is 19.6 Å². The van der Waals surface area contributed by atoms with Crippen LogP contribution in [0, 0.1) is 29.6 Å². The molecule has 0 aromatic rings. The molecule has 1 saturated carbocycles. The van der Waals surface area contributed by atoms with Gasteiger partial charge in [0.15, 0.2) is 0 Å². The molecule has 1 heterocycles. The number of aliphatic hydroxyl groups is 1. The van der Waals surface area contributed by atoms with Crippen molar-refractivity contribution >= 4 is 0 Å². The Morgan fingerprint density at radius 3 is 2.63 bits per heavy atom. The minimum Gasteiger partial charge on any atom is -0.378 e. The zero-order valence-corrected chi connectivity index (χ0v) is 11.9. The normalized spacial score (nSPS) is 36.8. The smallest absolute Gasteiger partial charge is 0.126 e. The predicted molar refractivity (Wildman–Crippen MR) is 77.5 cm³/mol. The van der Waals surface area contributed by atoms with Crippen LogP contribution in [0.2, 0.25) is 0 Å². The zero-order valence-electron chi connectivity index (χ0n) is 11.9. The predicted octanol–water partition coefficient (Wildman–Crippen LogP) is 2.44. The van der Waals surface area contributed by atoms with Gasteiger partial charge in [-0.25, -0.2) is 0 Å². The lowest BCUT2D eigenvalue weighted by atomic mass is 9.80. The second-order valence-electron chi connectivity index (χ2n) is 6.67. The number of allylic oxidation sites excluding steroid dienone is 2. The van der Waals surface area contributed by atoms with Gasteiger partial charge in [-0.05, 0) is 57.5 Å². The van der Waals surface area contributed by atoms with E-state index >= 15 is 0 Å². The largest absolute Gasteiger partial charge is 0.378 e. The number of nitrogens with zero attached hydrogens (tertiary/aromatic N) is 1. The second-order valence-corrected chi connectivity index (χ2v) is 6.67. The Morgan fingerprint density at radius 1 is 1.21 bits per heavy atom. The van der Waals surface area contributed by atoms with E-state index in [0.717, 1.165) is 13.0 Å². The fraction of sp³-hybridized carbons (Fsp3) is 0.765. The average Bonchev–Trinajstić information content (AvgIpc) is 3.02. The molecule has 2 heteroatoms. The van der Waals surface area contributed by atoms with E-state index in [1.54, 1.807) is 0 Å². The van der Waals surface area contributed by atoms with E-state index in [4.69, 9.17) is 0 Å². The van der Waals surface area contributed by atoms with Crippen molar-refractivity contribution in [1.29, 1.82) is 0 Å². The maximum absolute atomic E-state index is 10.6. The molecule has 0 aromatic heterocycles. The molecule has 1 saturated heterocycles. The van der Waals surface area contributed by atoms with E-state index in [9.17, 15) is 5.11 Å². The first-order valence-corrected chi connectivity index (χ1v) is 7.78. The summed E-state index contributed by atoms with van der Waals surface area (Å²) in [5, 5.41) is 10.6. The van der Waals surface area contributed by atoms with Crippen LogP contribution in [0.25, 0.3) is 0 Å². The molecule has 0 spiro atoms. The fourth-order valence-electron chi connectivity index (χ4n) is 3.97. The summed E-state index contributed by atoms with van der Waals surface area (Å²) >= 11 is 0. The van der Waals surface area contributed by atoms with E-state index in [0.29, 0.717) is 17.8 Å². The van der Waals surface area contributed by atoms with Crippen LogP contribution in [-0.2, 0) is 0 Å². The average molecular weight is 259 g/mol. The van der Waals surface area contributed by atoms with Gasteiger partial charge in [-0.2, -0.15) is 0 Å². The molecule has 1 aliphatic heterocycles. The Balaban J connectivity index is 1.57. The molecule has 3 aliphatic rings. The second kappa shape index (κ2) is 5.31. The first-order valence-electron chi connectivity index (χ1n) is 7.78. The summed E-state index contributed by atoms with van der Waals surface area (Å²) in [5.41, 5.74) is -0.806. The van der Waals surface area contributed by atoms with Gasteiger partial charge in [0.1, 0.15) is 5.60 Å². The topological polar surface area (TPSA) is 23.5 Å². The van der Waals surface area contributed by atoms with Crippen LogP contribution in [0.5, 0.6) is 0 Å². The minimum absolute atomic E-state index is 0.344. The van der Waals surface area contributed by atoms with Crippen LogP contribution in [0.4, 0.5) is 0 Å². The number of hydrogen-bond acceptors (Lipinski definition) is 2. The number of fused-ring (bicyclic) bond motifs is 2. The van der Waals surface area contributed by atoms with E-state index in [1.807, 2.05) is 6.92 Å². The van der Waals surface area contributed by atoms with Crippen molar-refractivity contribution < 1.29 is 5.11 Å². The number of piperidine rings is 1. The lowest BCUT2D eigenvalue weighted by molar-refractivity contribution is 0.0431. The van der Waals surface area contributed by atoms with Crippen LogP contribution in [-0.4, -0.2) is 35.2 Å². The Hall–Kier alpha value is -0.780. The highest BCUT2D eigenvalue weighted by molar-refractivity contribution is 5.22. The van der Waals surface area contributed by atoms with Crippen molar-refractivity contribution in [2.24, 2.45) is 17.8 Å². The van der Waals surface area contributed by atoms with Gasteiger partial charge in [-0.3, -0.25) is 4.90 Å². The molecule has 19 heavy (non-hydrogen) atoms. The molecule has 2 fully saturated rings. The van der Waals surface area contributed by atoms with Crippen molar-refractivity contribution in [3.05, 3.63) is 12.2 Å².